The number of sulfonamides is 1. The van der Waals surface area contributed by atoms with E-state index in [1.165, 1.54) is 4.31 Å². The quantitative estimate of drug-likeness (QED) is 0.821. The Morgan fingerprint density at radius 1 is 1.41 bits per heavy atom. The van der Waals surface area contributed by atoms with E-state index in [9.17, 15) is 8.42 Å². The smallest absolute Gasteiger partial charge is 0.214 e. The fourth-order valence-electron chi connectivity index (χ4n) is 1.93. The first-order chi connectivity index (χ1) is 8.08. The summed E-state index contributed by atoms with van der Waals surface area (Å²) in [7, 11) is -3.16. The number of nitrogens with zero attached hydrogens (tertiary/aromatic N) is 2. The molecular weight excluding hydrogens is 238 g/mol. The molecule has 1 fully saturated rings. The number of hydrogen-bond acceptors (Lipinski definition) is 4. The van der Waals surface area contributed by atoms with Crippen LogP contribution >= 0.6 is 0 Å². The topological polar surface area (TPSA) is 76.3 Å². The highest BCUT2D eigenvalue weighted by atomic mass is 32.2. The highest BCUT2D eigenvalue weighted by Gasteiger charge is 2.28. The van der Waals surface area contributed by atoms with Gasteiger partial charge < -0.3 is 5.73 Å². The van der Waals surface area contributed by atoms with Gasteiger partial charge >= 0.3 is 0 Å². The molecule has 0 unspecified atom stereocenters. The molecule has 1 atom stereocenters. The van der Waals surface area contributed by atoms with Crippen molar-refractivity contribution < 1.29 is 8.42 Å². The van der Waals surface area contributed by atoms with Crippen LogP contribution in [0.1, 0.15) is 12.0 Å². The van der Waals surface area contributed by atoms with Gasteiger partial charge in [-0.05, 0) is 30.5 Å². The molecular formula is C11H17N3O2S. The summed E-state index contributed by atoms with van der Waals surface area (Å²) in [6.45, 7) is 1.01. The first-order valence-electron chi connectivity index (χ1n) is 5.70. The average molecular weight is 255 g/mol. The zero-order chi connectivity index (χ0) is 12.3. The molecule has 0 radical (unpaired) electrons. The van der Waals surface area contributed by atoms with E-state index in [1.807, 2.05) is 12.1 Å². The van der Waals surface area contributed by atoms with E-state index in [0.29, 0.717) is 19.5 Å². The zero-order valence-electron chi connectivity index (χ0n) is 9.62. The van der Waals surface area contributed by atoms with E-state index in [-0.39, 0.29) is 11.8 Å². The fourth-order valence-corrected chi connectivity index (χ4v) is 3.49. The van der Waals surface area contributed by atoms with Gasteiger partial charge in [-0.3, -0.25) is 4.98 Å². The number of rotatable bonds is 4. The van der Waals surface area contributed by atoms with Crippen LogP contribution in [0.4, 0.5) is 0 Å². The molecule has 2 N–H and O–H groups in total. The van der Waals surface area contributed by atoms with E-state index >= 15 is 0 Å². The van der Waals surface area contributed by atoms with Gasteiger partial charge in [-0.1, -0.05) is 0 Å². The van der Waals surface area contributed by atoms with Gasteiger partial charge in [0.25, 0.3) is 0 Å². The maximum Gasteiger partial charge on any atom is 0.214 e. The van der Waals surface area contributed by atoms with Gasteiger partial charge in [0.05, 0.1) is 5.75 Å². The lowest BCUT2D eigenvalue weighted by molar-refractivity contribution is 0.472. The third kappa shape index (κ3) is 3.24. The number of aryl methyl sites for hydroxylation is 1. The van der Waals surface area contributed by atoms with Gasteiger partial charge in [0, 0.05) is 31.5 Å². The molecule has 0 bridgehead atoms. The summed E-state index contributed by atoms with van der Waals surface area (Å²) in [4.78, 5) is 3.90. The monoisotopic (exact) mass is 255 g/mol. The van der Waals surface area contributed by atoms with Gasteiger partial charge in [0.1, 0.15) is 0 Å². The second kappa shape index (κ2) is 5.12. The fraction of sp³-hybridized carbons (Fsp3) is 0.545. The van der Waals surface area contributed by atoms with Crippen LogP contribution in [0.3, 0.4) is 0 Å². The molecule has 1 aromatic rings. The van der Waals surface area contributed by atoms with Crippen molar-refractivity contribution in [2.75, 3.05) is 18.8 Å². The van der Waals surface area contributed by atoms with E-state index < -0.39 is 10.0 Å². The Bertz CT molecular complexity index is 461. The van der Waals surface area contributed by atoms with Gasteiger partial charge in [0.2, 0.25) is 10.0 Å². The summed E-state index contributed by atoms with van der Waals surface area (Å²) in [5.41, 5.74) is 6.71. The Kier molecular flexibility index (Phi) is 3.76. The second-order valence-electron chi connectivity index (χ2n) is 4.33. The third-order valence-corrected chi connectivity index (χ3v) is 4.82. The van der Waals surface area contributed by atoms with Crippen LogP contribution in [0.15, 0.2) is 24.5 Å². The number of hydrogen-bond donors (Lipinski definition) is 1. The first kappa shape index (κ1) is 12.5. The van der Waals surface area contributed by atoms with E-state index in [1.54, 1.807) is 12.4 Å². The molecule has 1 aliphatic heterocycles. The summed E-state index contributed by atoms with van der Waals surface area (Å²) in [6, 6.07) is 3.67. The Hall–Kier alpha value is -0.980. The molecule has 0 amide bonds. The van der Waals surface area contributed by atoms with Crippen molar-refractivity contribution in [2.24, 2.45) is 5.73 Å². The lowest BCUT2D eigenvalue weighted by Crippen LogP contribution is -2.34. The molecule has 1 aromatic heterocycles. The van der Waals surface area contributed by atoms with Crippen LogP contribution in [0.25, 0.3) is 0 Å². The van der Waals surface area contributed by atoms with Crippen molar-refractivity contribution in [3.63, 3.8) is 0 Å². The standard InChI is InChI=1S/C11H17N3O2S/c12-11-3-7-14(9-11)17(15,16)8-4-10-1-5-13-6-2-10/h1-2,5-6,11H,3-4,7-9,12H2/t11-/m1/s1. The molecule has 2 heterocycles. The highest BCUT2D eigenvalue weighted by molar-refractivity contribution is 7.89. The van der Waals surface area contributed by atoms with E-state index in [2.05, 4.69) is 4.98 Å². The molecule has 0 aromatic carbocycles. The Balaban J connectivity index is 1.94. The van der Waals surface area contributed by atoms with Gasteiger partial charge in [-0.15, -0.1) is 0 Å². The van der Waals surface area contributed by atoms with Gasteiger partial charge in [-0.25, -0.2) is 12.7 Å². The predicted octanol–water partition coefficient (Wildman–Crippen LogP) is -0.0131. The minimum Gasteiger partial charge on any atom is -0.326 e. The van der Waals surface area contributed by atoms with Crippen LogP contribution in [0.5, 0.6) is 0 Å². The van der Waals surface area contributed by atoms with Crippen LogP contribution in [0, 0.1) is 0 Å². The molecule has 2 rings (SSSR count). The average Bonchev–Trinajstić information content (AvgIpc) is 2.76. The Labute approximate surface area is 102 Å². The molecule has 5 nitrogen and oxygen atoms in total. The predicted molar refractivity (Wildman–Crippen MR) is 65.9 cm³/mol. The minimum absolute atomic E-state index is 0.00861. The lowest BCUT2D eigenvalue weighted by atomic mass is 10.2. The molecule has 1 saturated heterocycles. The van der Waals surface area contributed by atoms with Crippen LogP contribution in [-0.2, 0) is 16.4 Å². The summed E-state index contributed by atoms with van der Waals surface area (Å²) >= 11 is 0. The third-order valence-electron chi connectivity index (χ3n) is 2.98. The normalized spacial score (nSPS) is 21.8. The molecule has 0 spiro atoms. The summed E-state index contributed by atoms with van der Waals surface area (Å²) in [5, 5.41) is 0. The van der Waals surface area contributed by atoms with Crippen molar-refractivity contribution in [3.8, 4) is 0 Å². The lowest BCUT2D eigenvalue weighted by Gasteiger charge is -2.15. The molecule has 0 saturated carbocycles. The minimum atomic E-state index is -3.16. The second-order valence-corrected chi connectivity index (χ2v) is 6.42. The SMILES string of the molecule is N[C@@H]1CCN(S(=O)(=O)CCc2ccncc2)C1. The Morgan fingerprint density at radius 3 is 2.71 bits per heavy atom. The summed E-state index contributed by atoms with van der Waals surface area (Å²) < 4.78 is 25.5. The van der Waals surface area contributed by atoms with Crippen molar-refractivity contribution in [1.29, 1.82) is 0 Å². The highest BCUT2D eigenvalue weighted by Crippen LogP contribution is 2.13. The summed E-state index contributed by atoms with van der Waals surface area (Å²) in [6.07, 6.45) is 4.63. The van der Waals surface area contributed by atoms with Crippen LogP contribution in [0.2, 0.25) is 0 Å². The van der Waals surface area contributed by atoms with E-state index in [0.717, 1.165) is 12.0 Å². The van der Waals surface area contributed by atoms with Gasteiger partial charge in [0.15, 0.2) is 0 Å². The van der Waals surface area contributed by atoms with Crippen molar-refractivity contribution in [3.05, 3.63) is 30.1 Å². The summed E-state index contributed by atoms with van der Waals surface area (Å²) in [5.74, 6) is 0.143. The van der Waals surface area contributed by atoms with E-state index in [4.69, 9.17) is 5.73 Å². The van der Waals surface area contributed by atoms with Crippen molar-refractivity contribution >= 4 is 10.0 Å². The van der Waals surface area contributed by atoms with Crippen molar-refractivity contribution in [1.82, 2.24) is 9.29 Å². The molecule has 0 aliphatic carbocycles. The largest absolute Gasteiger partial charge is 0.326 e. The number of nitrogens with two attached hydrogens (primary N) is 1. The van der Waals surface area contributed by atoms with Crippen LogP contribution in [-0.4, -0.2) is 42.6 Å². The molecule has 94 valence electrons. The first-order valence-corrected chi connectivity index (χ1v) is 7.31. The zero-order valence-corrected chi connectivity index (χ0v) is 10.4. The number of pyridine rings is 1. The molecule has 17 heavy (non-hydrogen) atoms. The Morgan fingerprint density at radius 2 is 2.12 bits per heavy atom. The van der Waals surface area contributed by atoms with Crippen LogP contribution < -0.4 is 5.73 Å². The maximum atomic E-state index is 12.0. The van der Waals surface area contributed by atoms with Gasteiger partial charge in [-0.2, -0.15) is 0 Å². The number of aromatic nitrogens is 1. The van der Waals surface area contributed by atoms with Crippen molar-refractivity contribution in [2.45, 2.75) is 18.9 Å². The maximum absolute atomic E-state index is 12.0. The molecule has 6 heteroatoms. The molecule has 1 aliphatic rings.